The monoisotopic (exact) mass is 398 g/mol. The van der Waals surface area contributed by atoms with Crippen molar-refractivity contribution in [2.24, 2.45) is 0 Å². The van der Waals surface area contributed by atoms with Gasteiger partial charge in [-0.3, -0.25) is 0 Å². The maximum Gasteiger partial charge on any atom is 0.215 e. The largest absolute Gasteiger partial charge is 0.490 e. The average molecular weight is 399 g/mol. The first kappa shape index (κ1) is 19.1. The van der Waals surface area contributed by atoms with E-state index in [-0.39, 0.29) is 11.9 Å². The molecule has 1 aromatic carbocycles. The van der Waals surface area contributed by atoms with Crippen LogP contribution in [0, 0.1) is 0 Å². The average Bonchev–Trinajstić information content (AvgIpc) is 3.12. The fourth-order valence-electron chi connectivity index (χ4n) is 3.08. The number of ether oxygens (including phenoxy) is 1. The molecule has 7 nitrogen and oxygen atoms in total. The minimum atomic E-state index is -3.39. The summed E-state index contributed by atoms with van der Waals surface area (Å²) in [5.74, 6) is 0.748. The Hall–Kier alpha value is -1.64. The van der Waals surface area contributed by atoms with E-state index in [0.29, 0.717) is 36.6 Å². The van der Waals surface area contributed by atoms with Crippen LogP contribution >= 0.6 is 11.6 Å². The highest BCUT2D eigenvalue weighted by atomic mass is 35.5. The Morgan fingerprint density at radius 2 is 1.92 bits per heavy atom. The van der Waals surface area contributed by atoms with E-state index in [1.807, 2.05) is 26.0 Å². The van der Waals surface area contributed by atoms with Crippen LogP contribution in [0.5, 0.6) is 5.75 Å². The van der Waals surface area contributed by atoms with Gasteiger partial charge < -0.3 is 4.74 Å². The number of halogens is 1. The maximum atomic E-state index is 12.8. The lowest BCUT2D eigenvalue weighted by atomic mass is 9.93. The summed E-state index contributed by atoms with van der Waals surface area (Å²) in [7, 11) is -3.39. The van der Waals surface area contributed by atoms with Crippen molar-refractivity contribution in [3.8, 4) is 5.75 Å². The number of aromatic amines is 1. The third-order valence-corrected chi connectivity index (χ3v) is 7.05. The zero-order valence-corrected chi connectivity index (χ0v) is 16.4. The molecule has 0 bridgehead atoms. The number of benzene rings is 1. The van der Waals surface area contributed by atoms with Crippen LogP contribution < -0.4 is 4.74 Å². The van der Waals surface area contributed by atoms with Gasteiger partial charge >= 0.3 is 0 Å². The molecule has 1 aliphatic heterocycles. The molecule has 26 heavy (non-hydrogen) atoms. The molecule has 0 aliphatic carbocycles. The zero-order chi connectivity index (χ0) is 18.8. The number of hydrogen-bond acceptors (Lipinski definition) is 5. The molecule has 2 aromatic rings. The SMILES string of the molecule is CC(C)(CS(=O)(=O)N1CCC(Oc2ccc(Cl)cc2)CC1)c1cn[nH]n1. The molecule has 1 aliphatic rings. The first-order valence-electron chi connectivity index (χ1n) is 8.52. The molecule has 0 amide bonds. The summed E-state index contributed by atoms with van der Waals surface area (Å²) >= 11 is 5.87. The maximum absolute atomic E-state index is 12.8. The number of rotatable bonds is 6. The van der Waals surface area contributed by atoms with Gasteiger partial charge in [0.15, 0.2) is 0 Å². The molecule has 1 saturated heterocycles. The van der Waals surface area contributed by atoms with E-state index in [0.717, 1.165) is 5.75 Å². The highest BCUT2D eigenvalue weighted by molar-refractivity contribution is 7.89. The van der Waals surface area contributed by atoms with Crippen LogP contribution in [0.3, 0.4) is 0 Å². The second-order valence-electron chi connectivity index (χ2n) is 7.17. The van der Waals surface area contributed by atoms with Gasteiger partial charge in [-0.15, -0.1) is 0 Å². The number of H-pyrrole nitrogens is 1. The summed E-state index contributed by atoms with van der Waals surface area (Å²) in [5, 5.41) is 11.0. The Kier molecular flexibility index (Phi) is 5.55. The molecule has 1 fully saturated rings. The number of aromatic nitrogens is 3. The first-order chi connectivity index (χ1) is 12.3. The molecular formula is C17H23ClN4O3S. The summed E-state index contributed by atoms with van der Waals surface area (Å²) < 4.78 is 33.1. The van der Waals surface area contributed by atoms with Crippen molar-refractivity contribution in [1.82, 2.24) is 19.7 Å². The smallest absolute Gasteiger partial charge is 0.215 e. The molecule has 9 heteroatoms. The van der Waals surface area contributed by atoms with Crippen LogP contribution in [-0.4, -0.2) is 53.1 Å². The van der Waals surface area contributed by atoms with Crippen molar-refractivity contribution in [3.63, 3.8) is 0 Å². The Morgan fingerprint density at radius 1 is 1.27 bits per heavy atom. The summed E-state index contributed by atoms with van der Waals surface area (Å²) in [6, 6.07) is 7.21. The lowest BCUT2D eigenvalue weighted by Crippen LogP contribution is -2.45. The number of piperidine rings is 1. The third-order valence-electron chi connectivity index (χ3n) is 4.56. The molecular weight excluding hydrogens is 376 g/mol. The van der Waals surface area contributed by atoms with Gasteiger partial charge in [0.05, 0.1) is 17.6 Å². The molecule has 0 atom stereocenters. The van der Waals surface area contributed by atoms with Crippen molar-refractivity contribution in [1.29, 1.82) is 0 Å². The Balaban J connectivity index is 1.57. The molecule has 142 valence electrons. The van der Waals surface area contributed by atoms with Crippen molar-refractivity contribution in [3.05, 3.63) is 41.2 Å². The van der Waals surface area contributed by atoms with Crippen molar-refractivity contribution in [2.45, 2.75) is 38.2 Å². The van der Waals surface area contributed by atoms with E-state index in [2.05, 4.69) is 15.4 Å². The van der Waals surface area contributed by atoms with E-state index in [4.69, 9.17) is 16.3 Å². The number of sulfonamides is 1. The minimum Gasteiger partial charge on any atom is -0.490 e. The van der Waals surface area contributed by atoms with E-state index in [9.17, 15) is 8.42 Å². The zero-order valence-electron chi connectivity index (χ0n) is 14.9. The van der Waals surface area contributed by atoms with E-state index in [1.165, 1.54) is 0 Å². The number of nitrogens with one attached hydrogen (secondary N) is 1. The highest BCUT2D eigenvalue weighted by Gasteiger charge is 2.36. The summed E-state index contributed by atoms with van der Waals surface area (Å²) in [6.45, 7) is 4.63. The number of hydrogen-bond donors (Lipinski definition) is 1. The molecule has 2 heterocycles. The molecule has 0 spiro atoms. The van der Waals surface area contributed by atoms with Gasteiger partial charge in [-0.2, -0.15) is 15.4 Å². The first-order valence-corrected chi connectivity index (χ1v) is 10.5. The van der Waals surface area contributed by atoms with Crippen molar-refractivity contribution >= 4 is 21.6 Å². The summed E-state index contributed by atoms with van der Waals surface area (Å²) in [4.78, 5) is 0. The van der Waals surface area contributed by atoms with Crippen LogP contribution in [0.25, 0.3) is 0 Å². The summed E-state index contributed by atoms with van der Waals surface area (Å²) in [6.07, 6.45) is 2.89. The third kappa shape index (κ3) is 4.55. The second-order valence-corrected chi connectivity index (χ2v) is 9.57. The van der Waals surface area contributed by atoms with Gasteiger partial charge in [0.1, 0.15) is 11.9 Å². The molecule has 0 saturated carbocycles. The van der Waals surface area contributed by atoms with E-state index >= 15 is 0 Å². The molecule has 0 unspecified atom stereocenters. The standard InChI is InChI=1S/C17H23ClN4O3S/c1-17(2,16-11-19-21-20-16)12-26(23,24)22-9-7-15(8-10-22)25-14-5-3-13(18)4-6-14/h3-6,11,15H,7-10,12H2,1-2H3,(H,19,20,21). The fourth-order valence-corrected chi connectivity index (χ4v) is 5.22. The van der Waals surface area contributed by atoms with Gasteiger partial charge in [0.2, 0.25) is 10.0 Å². The molecule has 3 rings (SSSR count). The van der Waals surface area contributed by atoms with Gasteiger partial charge in [-0.25, -0.2) is 12.7 Å². The van der Waals surface area contributed by atoms with Crippen LogP contribution in [-0.2, 0) is 15.4 Å². The van der Waals surface area contributed by atoms with Crippen LogP contribution in [0.1, 0.15) is 32.4 Å². The lowest BCUT2D eigenvalue weighted by Gasteiger charge is -2.33. The van der Waals surface area contributed by atoms with Gasteiger partial charge in [-0.1, -0.05) is 25.4 Å². The quantitative estimate of drug-likeness (QED) is 0.807. The summed E-state index contributed by atoms with van der Waals surface area (Å²) in [5.41, 5.74) is 0.0321. The van der Waals surface area contributed by atoms with Crippen LogP contribution in [0.4, 0.5) is 0 Å². The normalized spacial score (nSPS) is 17.3. The van der Waals surface area contributed by atoms with Crippen LogP contribution in [0.2, 0.25) is 5.02 Å². The highest BCUT2D eigenvalue weighted by Crippen LogP contribution is 2.27. The minimum absolute atomic E-state index is 0.00472. The predicted octanol–water partition coefficient (Wildman–Crippen LogP) is 2.61. The molecule has 1 N–H and O–H groups in total. The molecule has 0 radical (unpaired) electrons. The van der Waals surface area contributed by atoms with E-state index < -0.39 is 15.4 Å². The predicted molar refractivity (Wildman–Crippen MR) is 99.9 cm³/mol. The van der Waals surface area contributed by atoms with Crippen molar-refractivity contribution in [2.75, 3.05) is 18.8 Å². The Labute approximate surface area is 158 Å². The fraction of sp³-hybridized carbons (Fsp3) is 0.529. The van der Waals surface area contributed by atoms with Crippen LogP contribution in [0.15, 0.2) is 30.5 Å². The van der Waals surface area contributed by atoms with Crippen molar-refractivity contribution < 1.29 is 13.2 Å². The van der Waals surface area contributed by atoms with Gasteiger partial charge in [0.25, 0.3) is 0 Å². The second kappa shape index (κ2) is 7.54. The van der Waals surface area contributed by atoms with E-state index in [1.54, 1.807) is 22.6 Å². The molecule has 1 aromatic heterocycles. The van der Waals surface area contributed by atoms with Gasteiger partial charge in [-0.05, 0) is 37.1 Å². The number of nitrogens with zero attached hydrogens (tertiary/aromatic N) is 3. The topological polar surface area (TPSA) is 88.2 Å². The Bertz CT molecular complexity index is 814. The Morgan fingerprint density at radius 3 is 2.50 bits per heavy atom. The lowest BCUT2D eigenvalue weighted by molar-refractivity contribution is 0.135. The van der Waals surface area contributed by atoms with Gasteiger partial charge in [0, 0.05) is 23.5 Å².